The van der Waals surface area contributed by atoms with Crippen molar-refractivity contribution in [2.24, 2.45) is 0 Å². The molecule has 4 unspecified atom stereocenters. The molecule has 4 atom stereocenters. The average molecular weight is 300 g/mol. The Hall–Kier alpha value is -0.200. The minimum Gasteiger partial charge on any atom is -0.390 e. The van der Waals surface area contributed by atoms with Crippen LogP contribution in [0.3, 0.4) is 0 Å². The van der Waals surface area contributed by atoms with Crippen LogP contribution in [-0.4, -0.2) is 86.2 Å². The molecule has 1 N–H and O–H groups in total. The Bertz CT molecular complexity index is 323. The smallest absolute Gasteiger partial charge is 0.110 e. The molecule has 5 nitrogen and oxygen atoms in total. The minimum absolute atomic E-state index is 0.0655. The number of methoxy groups -OCH3 is 1. The Morgan fingerprint density at radius 3 is 2.57 bits per heavy atom. The number of rotatable bonds is 8. The van der Waals surface area contributed by atoms with Crippen LogP contribution >= 0.6 is 0 Å². The van der Waals surface area contributed by atoms with E-state index in [9.17, 15) is 5.11 Å². The van der Waals surface area contributed by atoms with Crippen LogP contribution in [0.15, 0.2) is 0 Å². The lowest BCUT2D eigenvalue weighted by atomic mass is 9.80. The fourth-order valence-corrected chi connectivity index (χ4v) is 3.78. The number of hydrogen-bond acceptors (Lipinski definition) is 5. The third-order valence-electron chi connectivity index (χ3n) is 5.01. The Morgan fingerprint density at radius 2 is 2.00 bits per heavy atom. The first-order valence-corrected chi connectivity index (χ1v) is 8.27. The average Bonchev–Trinajstić information content (AvgIpc) is 3.21. The van der Waals surface area contributed by atoms with Gasteiger partial charge in [0.25, 0.3) is 0 Å². The van der Waals surface area contributed by atoms with Gasteiger partial charge in [0.1, 0.15) is 11.7 Å². The van der Waals surface area contributed by atoms with Crippen LogP contribution in [0.5, 0.6) is 0 Å². The van der Waals surface area contributed by atoms with Crippen LogP contribution < -0.4 is 0 Å². The molecule has 2 rings (SSSR count). The van der Waals surface area contributed by atoms with Crippen molar-refractivity contribution < 1.29 is 14.6 Å². The molecule has 2 aliphatic rings. The van der Waals surface area contributed by atoms with Gasteiger partial charge in [-0.15, -0.1) is 0 Å². The zero-order valence-corrected chi connectivity index (χ0v) is 14.0. The Balaban J connectivity index is 1.87. The summed E-state index contributed by atoms with van der Waals surface area (Å²) in [6.07, 6.45) is 3.54. The molecule has 124 valence electrons. The van der Waals surface area contributed by atoms with Gasteiger partial charge >= 0.3 is 0 Å². The van der Waals surface area contributed by atoms with Gasteiger partial charge in [-0.25, -0.2) is 0 Å². The van der Waals surface area contributed by atoms with E-state index in [1.165, 1.54) is 6.42 Å². The maximum atomic E-state index is 10.2. The van der Waals surface area contributed by atoms with Crippen LogP contribution in [0.25, 0.3) is 0 Å². The van der Waals surface area contributed by atoms with Gasteiger partial charge in [-0.2, -0.15) is 0 Å². The summed E-state index contributed by atoms with van der Waals surface area (Å²) in [6.45, 7) is 6.29. The lowest BCUT2D eigenvalue weighted by molar-refractivity contribution is -0.107. The quantitative estimate of drug-likeness (QED) is 0.677. The summed E-state index contributed by atoms with van der Waals surface area (Å²) in [6, 6.07) is 0.169. The molecule has 0 bridgehead atoms. The maximum absolute atomic E-state index is 10.2. The van der Waals surface area contributed by atoms with Crippen molar-refractivity contribution >= 4 is 0 Å². The van der Waals surface area contributed by atoms with Gasteiger partial charge in [0.2, 0.25) is 0 Å². The monoisotopic (exact) mass is 300 g/mol. The highest BCUT2D eigenvalue weighted by atomic mass is 16.6. The Kier molecular flexibility index (Phi) is 6.03. The van der Waals surface area contributed by atoms with Crippen LogP contribution in [0, 0.1) is 0 Å². The number of nitrogens with zero attached hydrogens (tertiary/aromatic N) is 2. The molecular formula is C16H32N2O3. The Morgan fingerprint density at radius 1 is 1.29 bits per heavy atom. The molecule has 1 aliphatic heterocycles. The van der Waals surface area contributed by atoms with Gasteiger partial charge in [0.05, 0.1) is 18.8 Å². The highest BCUT2D eigenvalue weighted by molar-refractivity contribution is 5.11. The molecule has 1 saturated heterocycles. The van der Waals surface area contributed by atoms with E-state index >= 15 is 0 Å². The molecular weight excluding hydrogens is 268 g/mol. The van der Waals surface area contributed by atoms with Gasteiger partial charge in [-0.05, 0) is 59.4 Å². The number of aliphatic hydroxyl groups excluding tert-OH is 1. The molecule has 0 radical (unpaired) electrons. The van der Waals surface area contributed by atoms with Gasteiger partial charge in [-0.1, -0.05) is 6.92 Å². The first-order chi connectivity index (χ1) is 10.0. The fourth-order valence-electron chi connectivity index (χ4n) is 3.78. The SMILES string of the molecule is CCCN(C)CCCN(C)C1C(OC)C(O)CCC12CO2. The van der Waals surface area contributed by atoms with E-state index in [-0.39, 0.29) is 23.9 Å². The highest BCUT2D eigenvalue weighted by Crippen LogP contribution is 2.45. The van der Waals surface area contributed by atoms with Gasteiger partial charge in [0.15, 0.2) is 0 Å². The summed E-state index contributed by atoms with van der Waals surface area (Å²) in [7, 11) is 6.01. The van der Waals surface area contributed by atoms with Gasteiger partial charge in [0, 0.05) is 7.11 Å². The molecule has 2 fully saturated rings. The normalized spacial score (nSPS) is 35.9. The molecule has 21 heavy (non-hydrogen) atoms. The predicted octanol–water partition coefficient (Wildman–Crippen LogP) is 0.957. The van der Waals surface area contributed by atoms with E-state index < -0.39 is 0 Å². The molecule has 0 amide bonds. The molecule has 1 heterocycles. The maximum Gasteiger partial charge on any atom is 0.110 e. The second-order valence-electron chi connectivity index (χ2n) is 6.74. The zero-order valence-electron chi connectivity index (χ0n) is 14.0. The van der Waals surface area contributed by atoms with E-state index in [1.807, 2.05) is 0 Å². The van der Waals surface area contributed by atoms with E-state index in [0.29, 0.717) is 0 Å². The summed E-state index contributed by atoms with van der Waals surface area (Å²) in [5, 5.41) is 10.2. The standard InChI is InChI=1S/C16H32N2O3/c1-5-9-17(2)10-6-11-18(3)15-14(20-4)13(19)7-8-16(15)12-21-16/h13-15,19H,5-12H2,1-4H3. The van der Waals surface area contributed by atoms with E-state index in [0.717, 1.165) is 45.5 Å². The zero-order chi connectivity index (χ0) is 15.5. The number of aliphatic hydroxyl groups is 1. The predicted molar refractivity (Wildman–Crippen MR) is 83.5 cm³/mol. The lowest BCUT2D eigenvalue weighted by Gasteiger charge is -2.43. The van der Waals surface area contributed by atoms with Crippen LogP contribution in [0.4, 0.5) is 0 Å². The van der Waals surface area contributed by atoms with E-state index in [2.05, 4.69) is 30.8 Å². The summed E-state index contributed by atoms with van der Waals surface area (Å²) in [5.74, 6) is 0. The fraction of sp³-hybridized carbons (Fsp3) is 1.00. The second-order valence-corrected chi connectivity index (χ2v) is 6.74. The third-order valence-corrected chi connectivity index (χ3v) is 5.01. The number of ether oxygens (including phenoxy) is 2. The number of hydrogen-bond donors (Lipinski definition) is 1. The van der Waals surface area contributed by atoms with E-state index in [4.69, 9.17) is 9.47 Å². The lowest BCUT2D eigenvalue weighted by Crippen LogP contribution is -2.59. The molecule has 1 saturated carbocycles. The molecule has 0 aromatic carbocycles. The number of epoxide rings is 1. The minimum atomic E-state index is -0.375. The summed E-state index contributed by atoms with van der Waals surface area (Å²) < 4.78 is 11.4. The van der Waals surface area contributed by atoms with E-state index in [1.54, 1.807) is 7.11 Å². The summed E-state index contributed by atoms with van der Waals surface area (Å²) in [4.78, 5) is 4.71. The first kappa shape index (κ1) is 17.2. The highest BCUT2D eigenvalue weighted by Gasteiger charge is 2.59. The van der Waals surface area contributed by atoms with Crippen molar-refractivity contribution in [1.82, 2.24) is 9.80 Å². The topological polar surface area (TPSA) is 48.5 Å². The molecule has 0 aromatic rings. The molecule has 1 spiro atoms. The largest absolute Gasteiger partial charge is 0.390 e. The van der Waals surface area contributed by atoms with Crippen molar-refractivity contribution in [3.05, 3.63) is 0 Å². The molecule has 5 heteroatoms. The summed E-state index contributed by atoms with van der Waals surface area (Å²) in [5.41, 5.74) is -0.0655. The van der Waals surface area contributed by atoms with Crippen LogP contribution in [0.2, 0.25) is 0 Å². The van der Waals surface area contributed by atoms with Crippen molar-refractivity contribution in [2.45, 2.75) is 56.5 Å². The third kappa shape index (κ3) is 3.96. The molecule has 1 aliphatic carbocycles. The van der Waals surface area contributed by atoms with Crippen LogP contribution in [-0.2, 0) is 9.47 Å². The van der Waals surface area contributed by atoms with Gasteiger partial charge in [-0.3, -0.25) is 4.90 Å². The van der Waals surface area contributed by atoms with Gasteiger partial charge < -0.3 is 19.5 Å². The Labute approximate surface area is 129 Å². The van der Waals surface area contributed by atoms with Crippen molar-refractivity contribution in [3.63, 3.8) is 0 Å². The second kappa shape index (κ2) is 7.38. The summed E-state index contributed by atoms with van der Waals surface area (Å²) >= 11 is 0. The molecule has 0 aromatic heterocycles. The van der Waals surface area contributed by atoms with Crippen molar-refractivity contribution in [3.8, 4) is 0 Å². The van der Waals surface area contributed by atoms with Crippen molar-refractivity contribution in [1.29, 1.82) is 0 Å². The van der Waals surface area contributed by atoms with Crippen molar-refractivity contribution in [2.75, 3.05) is 47.4 Å². The van der Waals surface area contributed by atoms with Crippen LogP contribution in [0.1, 0.15) is 32.6 Å². The first-order valence-electron chi connectivity index (χ1n) is 8.27. The number of likely N-dealkylation sites (N-methyl/N-ethyl adjacent to an activating group) is 1.